The second kappa shape index (κ2) is 8.66. The SMILES string of the molecule is O=CNC(CSCCOc1ccccc1Cl)C(=O)O. The minimum atomic E-state index is -1.05. The number of halogens is 1. The summed E-state index contributed by atoms with van der Waals surface area (Å²) in [4.78, 5) is 20.9. The van der Waals surface area contributed by atoms with Gasteiger partial charge in [0.1, 0.15) is 11.8 Å². The van der Waals surface area contributed by atoms with E-state index in [1.807, 2.05) is 12.1 Å². The zero-order valence-corrected chi connectivity index (χ0v) is 11.6. The lowest BCUT2D eigenvalue weighted by Crippen LogP contribution is -2.38. The number of aliphatic carboxylic acids is 1. The molecule has 0 aromatic heterocycles. The fraction of sp³-hybridized carbons (Fsp3) is 0.333. The van der Waals surface area contributed by atoms with E-state index < -0.39 is 12.0 Å². The van der Waals surface area contributed by atoms with Gasteiger partial charge in [0.05, 0.1) is 11.6 Å². The molecule has 0 aliphatic heterocycles. The van der Waals surface area contributed by atoms with Crippen molar-refractivity contribution in [2.45, 2.75) is 6.04 Å². The third kappa shape index (κ3) is 5.85. The van der Waals surface area contributed by atoms with Gasteiger partial charge in [0, 0.05) is 11.5 Å². The molecule has 5 nitrogen and oxygen atoms in total. The van der Waals surface area contributed by atoms with Crippen LogP contribution in [0.3, 0.4) is 0 Å². The second-order valence-electron chi connectivity index (χ2n) is 3.53. The molecule has 1 aromatic carbocycles. The standard InChI is InChI=1S/C12H14ClNO4S/c13-9-3-1-2-4-11(9)18-5-6-19-7-10(12(16)17)14-8-15/h1-4,8,10H,5-7H2,(H,14,15)(H,16,17). The molecule has 0 radical (unpaired) electrons. The number of thioether (sulfide) groups is 1. The summed E-state index contributed by atoms with van der Waals surface area (Å²) in [5, 5.41) is 11.6. The van der Waals surface area contributed by atoms with Crippen LogP contribution in [0.2, 0.25) is 5.02 Å². The van der Waals surface area contributed by atoms with Crippen molar-refractivity contribution in [2.24, 2.45) is 0 Å². The van der Waals surface area contributed by atoms with E-state index in [2.05, 4.69) is 5.32 Å². The Kier molecular flexibility index (Phi) is 7.14. The zero-order chi connectivity index (χ0) is 14.1. The van der Waals surface area contributed by atoms with E-state index in [1.54, 1.807) is 12.1 Å². The Balaban J connectivity index is 2.22. The van der Waals surface area contributed by atoms with Crippen molar-refractivity contribution in [2.75, 3.05) is 18.1 Å². The molecule has 1 aromatic rings. The lowest BCUT2D eigenvalue weighted by Gasteiger charge is -2.11. The van der Waals surface area contributed by atoms with Crippen molar-refractivity contribution in [1.29, 1.82) is 0 Å². The van der Waals surface area contributed by atoms with Crippen LogP contribution in [-0.2, 0) is 9.59 Å². The van der Waals surface area contributed by atoms with E-state index in [-0.39, 0.29) is 0 Å². The Morgan fingerprint density at radius 3 is 2.89 bits per heavy atom. The molecule has 7 heteroatoms. The van der Waals surface area contributed by atoms with E-state index in [4.69, 9.17) is 21.4 Å². The first-order valence-electron chi connectivity index (χ1n) is 5.52. The molecular weight excluding hydrogens is 290 g/mol. The number of ether oxygens (including phenoxy) is 1. The average molecular weight is 304 g/mol. The third-order valence-corrected chi connectivity index (χ3v) is 3.51. The molecule has 0 saturated carbocycles. The summed E-state index contributed by atoms with van der Waals surface area (Å²) in [7, 11) is 0. The highest BCUT2D eigenvalue weighted by Gasteiger charge is 2.15. The van der Waals surface area contributed by atoms with Crippen molar-refractivity contribution in [3.63, 3.8) is 0 Å². The normalized spacial score (nSPS) is 11.6. The maximum atomic E-state index is 10.7. The van der Waals surface area contributed by atoms with Crippen molar-refractivity contribution in [3.05, 3.63) is 29.3 Å². The molecular formula is C12H14ClNO4S. The molecule has 104 valence electrons. The van der Waals surface area contributed by atoms with Crippen LogP contribution in [0.15, 0.2) is 24.3 Å². The van der Waals surface area contributed by atoms with Gasteiger partial charge in [-0.15, -0.1) is 0 Å². The maximum Gasteiger partial charge on any atom is 0.327 e. The van der Waals surface area contributed by atoms with Gasteiger partial charge in [0.25, 0.3) is 0 Å². The van der Waals surface area contributed by atoms with Crippen LogP contribution < -0.4 is 10.1 Å². The Morgan fingerprint density at radius 2 is 2.26 bits per heavy atom. The number of rotatable bonds is 9. The van der Waals surface area contributed by atoms with Gasteiger partial charge < -0.3 is 15.2 Å². The fourth-order valence-electron chi connectivity index (χ4n) is 1.25. The van der Waals surface area contributed by atoms with Crippen molar-refractivity contribution >= 4 is 35.7 Å². The largest absolute Gasteiger partial charge is 0.491 e. The van der Waals surface area contributed by atoms with Gasteiger partial charge >= 0.3 is 5.97 Å². The van der Waals surface area contributed by atoms with Gasteiger partial charge in [-0.3, -0.25) is 4.79 Å². The molecule has 0 fully saturated rings. The fourth-order valence-corrected chi connectivity index (χ4v) is 2.28. The van der Waals surface area contributed by atoms with Crippen molar-refractivity contribution in [1.82, 2.24) is 5.32 Å². The number of carbonyl (C=O) groups is 2. The lowest BCUT2D eigenvalue weighted by atomic mass is 10.3. The van der Waals surface area contributed by atoms with E-state index in [1.165, 1.54) is 11.8 Å². The molecule has 0 aliphatic carbocycles. The summed E-state index contributed by atoms with van der Waals surface area (Å²) in [5.41, 5.74) is 0. The minimum absolute atomic E-state index is 0.292. The molecule has 0 bridgehead atoms. The number of nitrogens with one attached hydrogen (secondary N) is 1. The summed E-state index contributed by atoms with van der Waals surface area (Å²) < 4.78 is 5.45. The van der Waals surface area contributed by atoms with Crippen molar-refractivity contribution < 1.29 is 19.4 Å². The van der Waals surface area contributed by atoms with Gasteiger partial charge in [-0.1, -0.05) is 23.7 Å². The topological polar surface area (TPSA) is 75.6 Å². The van der Waals surface area contributed by atoms with E-state index in [9.17, 15) is 9.59 Å². The van der Waals surface area contributed by atoms with Crippen LogP contribution in [-0.4, -0.2) is 41.6 Å². The second-order valence-corrected chi connectivity index (χ2v) is 5.09. The van der Waals surface area contributed by atoms with Crippen LogP contribution in [0, 0.1) is 0 Å². The number of para-hydroxylation sites is 1. The van der Waals surface area contributed by atoms with Crippen molar-refractivity contribution in [3.8, 4) is 5.75 Å². The van der Waals surface area contributed by atoms with Crippen LogP contribution in [0.5, 0.6) is 5.75 Å². The van der Waals surface area contributed by atoms with Gasteiger partial charge in [-0.2, -0.15) is 11.8 Å². The summed E-state index contributed by atoms with van der Waals surface area (Å²) in [6, 6.07) is 6.26. The summed E-state index contributed by atoms with van der Waals surface area (Å²) in [5.74, 6) is 0.451. The first-order chi connectivity index (χ1) is 9.15. The highest BCUT2D eigenvalue weighted by Crippen LogP contribution is 2.23. The number of amides is 1. The predicted octanol–water partition coefficient (Wildman–Crippen LogP) is 1.65. The maximum absolute atomic E-state index is 10.7. The molecule has 19 heavy (non-hydrogen) atoms. The molecule has 0 saturated heterocycles. The first kappa shape index (κ1) is 15.7. The van der Waals surface area contributed by atoms with Gasteiger partial charge in [0.2, 0.25) is 6.41 Å². The molecule has 0 aliphatic rings. The Labute approximate surface area is 120 Å². The zero-order valence-electron chi connectivity index (χ0n) is 10.0. The molecule has 1 amide bonds. The number of carboxylic acid groups (broad SMARTS) is 1. The Hall–Kier alpha value is -1.40. The summed E-state index contributed by atoms with van der Waals surface area (Å²) >= 11 is 7.30. The molecule has 0 heterocycles. The highest BCUT2D eigenvalue weighted by atomic mass is 35.5. The molecule has 1 unspecified atom stereocenters. The summed E-state index contributed by atoms with van der Waals surface area (Å²) in [6.45, 7) is 0.418. The Morgan fingerprint density at radius 1 is 1.53 bits per heavy atom. The van der Waals surface area contributed by atoms with Crippen LogP contribution in [0.25, 0.3) is 0 Å². The molecule has 1 rings (SSSR count). The smallest absolute Gasteiger partial charge is 0.327 e. The van der Waals surface area contributed by atoms with E-state index >= 15 is 0 Å². The van der Waals surface area contributed by atoms with Gasteiger partial charge in [0.15, 0.2) is 0 Å². The molecule has 1 atom stereocenters. The van der Waals surface area contributed by atoms with E-state index in [0.29, 0.717) is 35.3 Å². The number of benzene rings is 1. The molecule has 0 spiro atoms. The Bertz CT molecular complexity index is 430. The van der Waals surface area contributed by atoms with Gasteiger partial charge in [-0.25, -0.2) is 4.79 Å². The van der Waals surface area contributed by atoms with Crippen LogP contribution in [0.1, 0.15) is 0 Å². The van der Waals surface area contributed by atoms with Crippen LogP contribution in [0.4, 0.5) is 0 Å². The molecule has 2 N–H and O–H groups in total. The van der Waals surface area contributed by atoms with Gasteiger partial charge in [-0.05, 0) is 12.1 Å². The number of hydrogen-bond donors (Lipinski definition) is 2. The highest BCUT2D eigenvalue weighted by molar-refractivity contribution is 7.99. The minimum Gasteiger partial charge on any atom is -0.491 e. The number of hydrogen-bond acceptors (Lipinski definition) is 4. The average Bonchev–Trinajstić information content (AvgIpc) is 2.39. The predicted molar refractivity (Wildman–Crippen MR) is 74.9 cm³/mol. The number of carbonyl (C=O) groups excluding carboxylic acids is 1. The van der Waals surface area contributed by atoms with E-state index in [0.717, 1.165) is 0 Å². The lowest BCUT2D eigenvalue weighted by molar-refractivity contribution is -0.139. The van der Waals surface area contributed by atoms with Crippen LogP contribution >= 0.6 is 23.4 Å². The number of carboxylic acids is 1. The first-order valence-corrected chi connectivity index (χ1v) is 7.06. The third-order valence-electron chi connectivity index (χ3n) is 2.17. The summed E-state index contributed by atoms with van der Waals surface area (Å²) in [6.07, 6.45) is 0.388. The monoisotopic (exact) mass is 303 g/mol. The quantitative estimate of drug-likeness (QED) is 0.536.